The van der Waals surface area contributed by atoms with Crippen molar-refractivity contribution in [3.05, 3.63) is 78.1 Å². The first-order valence-corrected chi connectivity index (χ1v) is 9.08. The van der Waals surface area contributed by atoms with Gasteiger partial charge in [0.1, 0.15) is 5.37 Å². The van der Waals surface area contributed by atoms with Gasteiger partial charge in [-0.15, -0.1) is 0 Å². The summed E-state index contributed by atoms with van der Waals surface area (Å²) in [5, 5.41) is 11.6. The van der Waals surface area contributed by atoms with Crippen molar-refractivity contribution in [3.63, 3.8) is 0 Å². The molecule has 1 aliphatic rings. The number of primary amides is 1. The Morgan fingerprint density at radius 2 is 1.77 bits per heavy atom. The van der Waals surface area contributed by atoms with Crippen LogP contribution in [0, 0.1) is 0 Å². The zero-order valence-electron chi connectivity index (χ0n) is 13.9. The molecule has 5 nitrogen and oxygen atoms in total. The Morgan fingerprint density at radius 3 is 2.46 bits per heavy atom. The summed E-state index contributed by atoms with van der Waals surface area (Å²) in [6.07, 6.45) is 4.23. The third-order valence-electron chi connectivity index (χ3n) is 4.40. The lowest BCUT2D eigenvalue weighted by Gasteiger charge is -2.19. The third kappa shape index (κ3) is 3.16. The molecule has 2 aromatic carbocycles. The molecule has 1 aliphatic heterocycles. The molecule has 1 amide bonds. The zero-order chi connectivity index (χ0) is 18.1. The average Bonchev–Trinajstić information content (AvgIpc) is 2.98. The van der Waals surface area contributed by atoms with Gasteiger partial charge in [-0.3, -0.25) is 15.0 Å². The normalized spacial score (nSPS) is 15.7. The van der Waals surface area contributed by atoms with Crippen molar-refractivity contribution in [2.45, 2.75) is 16.7 Å². The third-order valence-corrected chi connectivity index (χ3v) is 5.64. The topological polar surface area (TPSA) is 79.5 Å². The molecule has 3 N–H and O–H groups in total. The maximum atomic E-state index is 11.3. The molecular formula is C20H17N3O2S. The smallest absolute Gasteiger partial charge is 0.248 e. The second kappa shape index (κ2) is 6.82. The van der Waals surface area contributed by atoms with E-state index in [4.69, 9.17) is 5.73 Å². The molecule has 0 fully saturated rings. The predicted octanol–water partition coefficient (Wildman–Crippen LogP) is 3.72. The van der Waals surface area contributed by atoms with Crippen LogP contribution in [-0.2, 0) is 6.42 Å². The molecule has 0 aliphatic carbocycles. The van der Waals surface area contributed by atoms with Crippen LogP contribution in [0.15, 0.2) is 71.9 Å². The number of carbonyl (C=O) groups is 1. The molecule has 2 heterocycles. The lowest BCUT2D eigenvalue weighted by atomic mass is 10.0. The number of nitrogens with zero attached hydrogens (tertiary/aromatic N) is 2. The van der Waals surface area contributed by atoms with E-state index in [1.165, 1.54) is 5.06 Å². The molecule has 0 saturated carbocycles. The fraction of sp³-hybridized carbons (Fsp3) is 0.100. The number of amides is 1. The van der Waals surface area contributed by atoms with E-state index in [1.807, 2.05) is 18.2 Å². The number of fused-ring (bicyclic) bond motifs is 1. The molecule has 3 aromatic rings. The minimum atomic E-state index is -0.499. The minimum absolute atomic E-state index is 0.139. The Kier molecular flexibility index (Phi) is 4.36. The van der Waals surface area contributed by atoms with Crippen LogP contribution >= 0.6 is 11.8 Å². The number of rotatable bonds is 4. The number of hydroxylamine groups is 1. The molecular weight excluding hydrogens is 346 g/mol. The van der Waals surface area contributed by atoms with E-state index in [9.17, 15) is 10.0 Å². The molecule has 130 valence electrons. The SMILES string of the molecule is NC(=O)c1ccc2c(c1)N(O)C(Cc1ccc(-c3ccncc3)cc1)S2. The van der Waals surface area contributed by atoms with Crippen LogP contribution < -0.4 is 10.8 Å². The van der Waals surface area contributed by atoms with Gasteiger partial charge in [-0.1, -0.05) is 36.0 Å². The maximum Gasteiger partial charge on any atom is 0.248 e. The molecule has 1 aromatic heterocycles. The number of anilines is 1. The van der Waals surface area contributed by atoms with Crippen LogP contribution in [0.25, 0.3) is 11.1 Å². The summed E-state index contributed by atoms with van der Waals surface area (Å²) in [5.74, 6) is -0.499. The summed E-state index contributed by atoms with van der Waals surface area (Å²) in [6.45, 7) is 0. The number of thioether (sulfide) groups is 1. The summed E-state index contributed by atoms with van der Waals surface area (Å²) in [6, 6.07) is 17.4. The highest BCUT2D eigenvalue weighted by Crippen LogP contribution is 2.43. The Morgan fingerprint density at radius 1 is 1.08 bits per heavy atom. The number of carbonyl (C=O) groups excluding carboxylic acids is 1. The molecule has 0 spiro atoms. The Balaban J connectivity index is 1.50. The Hall–Kier alpha value is -2.83. The van der Waals surface area contributed by atoms with Gasteiger partial charge < -0.3 is 5.73 Å². The van der Waals surface area contributed by atoms with E-state index in [2.05, 4.69) is 29.2 Å². The summed E-state index contributed by atoms with van der Waals surface area (Å²) < 4.78 is 0. The first-order chi connectivity index (χ1) is 12.6. The van der Waals surface area contributed by atoms with Crippen molar-refractivity contribution in [1.29, 1.82) is 0 Å². The van der Waals surface area contributed by atoms with Crippen LogP contribution in [0.3, 0.4) is 0 Å². The number of aromatic nitrogens is 1. The van der Waals surface area contributed by atoms with E-state index < -0.39 is 5.91 Å². The number of hydrogen-bond acceptors (Lipinski definition) is 5. The summed E-state index contributed by atoms with van der Waals surface area (Å²) >= 11 is 1.58. The van der Waals surface area contributed by atoms with E-state index in [-0.39, 0.29) is 5.37 Å². The quantitative estimate of drug-likeness (QED) is 0.738. The van der Waals surface area contributed by atoms with E-state index in [0.717, 1.165) is 21.6 Å². The molecule has 0 radical (unpaired) electrons. The maximum absolute atomic E-state index is 11.3. The van der Waals surface area contributed by atoms with Crippen molar-refractivity contribution in [2.24, 2.45) is 5.73 Å². The highest BCUT2D eigenvalue weighted by molar-refractivity contribution is 8.00. The van der Waals surface area contributed by atoms with Crippen LogP contribution in [0.5, 0.6) is 0 Å². The lowest BCUT2D eigenvalue weighted by molar-refractivity contribution is 0.1000. The number of hydrogen-bond donors (Lipinski definition) is 2. The van der Waals surface area contributed by atoms with Gasteiger partial charge in [-0.25, -0.2) is 5.06 Å². The van der Waals surface area contributed by atoms with E-state index in [1.54, 1.807) is 36.3 Å². The number of benzene rings is 2. The Bertz CT molecular complexity index is 945. The average molecular weight is 363 g/mol. The van der Waals surface area contributed by atoms with Crippen LogP contribution in [0.1, 0.15) is 15.9 Å². The molecule has 1 atom stereocenters. The molecule has 26 heavy (non-hydrogen) atoms. The van der Waals surface area contributed by atoms with Gasteiger partial charge in [0.25, 0.3) is 0 Å². The zero-order valence-corrected chi connectivity index (χ0v) is 14.7. The van der Waals surface area contributed by atoms with Crippen molar-refractivity contribution < 1.29 is 10.0 Å². The fourth-order valence-corrected chi connectivity index (χ4v) is 4.21. The van der Waals surface area contributed by atoms with Gasteiger partial charge in [0.2, 0.25) is 5.91 Å². The summed E-state index contributed by atoms with van der Waals surface area (Å²) in [5.41, 5.74) is 9.73. The van der Waals surface area contributed by atoms with Gasteiger partial charge in [0.05, 0.1) is 5.69 Å². The molecule has 4 rings (SSSR count). The summed E-state index contributed by atoms with van der Waals surface area (Å²) in [7, 11) is 0. The molecule has 6 heteroatoms. The standard InChI is InChI=1S/C20H17N3O2S/c21-20(24)16-5-6-18-17(12-16)23(25)19(26-18)11-13-1-3-14(4-2-13)15-7-9-22-10-8-15/h1-10,12,19,25H,11H2,(H2,21,24). The van der Waals surface area contributed by atoms with Crippen molar-refractivity contribution >= 4 is 23.4 Å². The highest BCUT2D eigenvalue weighted by atomic mass is 32.2. The molecule has 0 saturated heterocycles. The molecule has 0 bridgehead atoms. The summed E-state index contributed by atoms with van der Waals surface area (Å²) in [4.78, 5) is 16.3. The highest BCUT2D eigenvalue weighted by Gasteiger charge is 2.30. The lowest BCUT2D eigenvalue weighted by Crippen LogP contribution is -2.27. The van der Waals surface area contributed by atoms with E-state index >= 15 is 0 Å². The van der Waals surface area contributed by atoms with Gasteiger partial charge in [0, 0.05) is 29.3 Å². The minimum Gasteiger partial charge on any atom is -0.366 e. The molecule has 1 unspecified atom stereocenters. The van der Waals surface area contributed by atoms with Crippen molar-refractivity contribution in [3.8, 4) is 11.1 Å². The second-order valence-electron chi connectivity index (χ2n) is 6.10. The van der Waals surface area contributed by atoms with Crippen LogP contribution in [-0.4, -0.2) is 21.5 Å². The fourth-order valence-electron chi connectivity index (χ4n) is 3.01. The number of pyridine rings is 1. The monoisotopic (exact) mass is 363 g/mol. The largest absolute Gasteiger partial charge is 0.366 e. The van der Waals surface area contributed by atoms with Crippen molar-refractivity contribution in [1.82, 2.24) is 4.98 Å². The van der Waals surface area contributed by atoms with Gasteiger partial charge in [-0.2, -0.15) is 0 Å². The van der Waals surface area contributed by atoms with Crippen LogP contribution in [0.4, 0.5) is 5.69 Å². The number of nitrogens with two attached hydrogens (primary N) is 1. The second-order valence-corrected chi connectivity index (χ2v) is 7.32. The van der Waals surface area contributed by atoms with Crippen LogP contribution in [0.2, 0.25) is 0 Å². The first-order valence-electron chi connectivity index (χ1n) is 8.20. The van der Waals surface area contributed by atoms with Gasteiger partial charge in [0.15, 0.2) is 0 Å². The van der Waals surface area contributed by atoms with Gasteiger partial charge >= 0.3 is 0 Å². The predicted molar refractivity (Wildman–Crippen MR) is 102 cm³/mol. The first kappa shape index (κ1) is 16.6. The van der Waals surface area contributed by atoms with Gasteiger partial charge in [-0.05, 0) is 47.0 Å². The Labute approximate surface area is 155 Å². The van der Waals surface area contributed by atoms with Crippen molar-refractivity contribution in [2.75, 3.05) is 5.06 Å². The van der Waals surface area contributed by atoms with E-state index in [0.29, 0.717) is 17.7 Å².